The van der Waals surface area contributed by atoms with E-state index in [1.165, 1.54) is 7.11 Å². The van der Waals surface area contributed by atoms with Crippen LogP contribution in [0.3, 0.4) is 0 Å². The van der Waals surface area contributed by atoms with E-state index in [-0.39, 0.29) is 12.4 Å². The Morgan fingerprint density at radius 2 is 2.04 bits per heavy atom. The minimum atomic E-state index is -0.375. The number of benzene rings is 1. The number of halogens is 1. The average Bonchev–Trinajstić information content (AvgIpc) is 2.93. The van der Waals surface area contributed by atoms with Crippen LogP contribution in [0.4, 0.5) is 11.5 Å². The number of pyridine rings is 1. The fraction of sp³-hybridized carbons (Fsp3) is 0.222. The van der Waals surface area contributed by atoms with Gasteiger partial charge in [0.2, 0.25) is 0 Å². The Bertz CT molecular complexity index is 979. The van der Waals surface area contributed by atoms with Crippen LogP contribution in [0.5, 0.6) is 0 Å². The lowest BCUT2D eigenvalue weighted by Crippen LogP contribution is -2.04. The van der Waals surface area contributed by atoms with E-state index in [0.29, 0.717) is 22.2 Å². The van der Waals surface area contributed by atoms with Gasteiger partial charge >= 0.3 is 5.97 Å². The van der Waals surface area contributed by atoms with Crippen molar-refractivity contribution in [1.82, 2.24) is 9.38 Å². The maximum atomic E-state index is 11.7. The second-order valence-corrected chi connectivity index (χ2v) is 6.09. The summed E-state index contributed by atoms with van der Waals surface area (Å²) in [5.74, 6) is 0.138. The zero-order chi connectivity index (χ0) is 18.0. The molecular formula is C18H17ClN4O2. The lowest BCUT2D eigenvalue weighted by atomic mass is 10.2. The summed E-state index contributed by atoms with van der Waals surface area (Å²) in [5, 5.41) is 9.32. The summed E-state index contributed by atoms with van der Waals surface area (Å²) in [6, 6.07) is 9.24. The Balaban J connectivity index is 2.09. The van der Waals surface area contributed by atoms with E-state index in [0.717, 1.165) is 16.8 Å². The number of rotatable bonds is 4. The van der Waals surface area contributed by atoms with E-state index >= 15 is 0 Å². The van der Waals surface area contributed by atoms with Gasteiger partial charge in [0.25, 0.3) is 0 Å². The van der Waals surface area contributed by atoms with Crippen LogP contribution < -0.4 is 0 Å². The van der Waals surface area contributed by atoms with Crippen LogP contribution >= 0.6 is 11.6 Å². The molecule has 0 unspecified atom stereocenters. The van der Waals surface area contributed by atoms with Crippen molar-refractivity contribution in [2.75, 3.05) is 7.11 Å². The number of carbonyl (C=O) groups is 1. The molecule has 0 saturated heterocycles. The molecule has 0 spiro atoms. The summed E-state index contributed by atoms with van der Waals surface area (Å²) in [5.41, 5.74) is 3.87. The Kier molecular flexibility index (Phi) is 4.81. The molecule has 128 valence electrons. The van der Waals surface area contributed by atoms with Crippen LogP contribution in [-0.4, -0.2) is 22.5 Å². The molecule has 1 aromatic carbocycles. The zero-order valence-corrected chi connectivity index (χ0v) is 14.9. The predicted molar refractivity (Wildman–Crippen MR) is 96.0 cm³/mol. The monoisotopic (exact) mass is 356 g/mol. The topological polar surface area (TPSA) is 68.3 Å². The van der Waals surface area contributed by atoms with Crippen molar-refractivity contribution in [3.63, 3.8) is 0 Å². The van der Waals surface area contributed by atoms with Crippen LogP contribution in [0.25, 0.3) is 5.65 Å². The predicted octanol–water partition coefficient (Wildman–Crippen LogP) is 4.74. The van der Waals surface area contributed by atoms with E-state index in [4.69, 9.17) is 16.3 Å². The number of hydrogen-bond donors (Lipinski definition) is 0. The molecule has 0 aliphatic rings. The summed E-state index contributed by atoms with van der Waals surface area (Å²) in [7, 11) is 1.35. The second-order valence-electron chi connectivity index (χ2n) is 5.65. The van der Waals surface area contributed by atoms with E-state index in [9.17, 15) is 4.79 Å². The summed E-state index contributed by atoms with van der Waals surface area (Å²) < 4.78 is 6.58. The maximum Gasteiger partial charge on any atom is 0.311 e. The van der Waals surface area contributed by atoms with Gasteiger partial charge in [0.05, 0.1) is 24.9 Å². The Hall–Kier alpha value is -2.73. The fourth-order valence-electron chi connectivity index (χ4n) is 2.50. The van der Waals surface area contributed by atoms with Crippen LogP contribution in [0, 0.1) is 13.8 Å². The minimum absolute atomic E-state index is 0.0333. The van der Waals surface area contributed by atoms with Crippen molar-refractivity contribution in [3.8, 4) is 0 Å². The molecule has 0 aliphatic carbocycles. The molecule has 6 nitrogen and oxygen atoms in total. The van der Waals surface area contributed by atoms with Gasteiger partial charge in [-0.1, -0.05) is 17.7 Å². The van der Waals surface area contributed by atoms with Crippen molar-refractivity contribution in [2.45, 2.75) is 20.3 Å². The molecule has 0 amide bonds. The minimum Gasteiger partial charge on any atom is -0.469 e. The number of carbonyl (C=O) groups excluding carboxylic acids is 1. The smallest absolute Gasteiger partial charge is 0.311 e. The fourth-order valence-corrected chi connectivity index (χ4v) is 2.73. The summed E-state index contributed by atoms with van der Waals surface area (Å²) >= 11 is 5.97. The van der Waals surface area contributed by atoms with Crippen LogP contribution in [-0.2, 0) is 16.0 Å². The number of fused-ring (bicyclic) bond motifs is 1. The zero-order valence-electron chi connectivity index (χ0n) is 14.2. The summed E-state index contributed by atoms with van der Waals surface area (Å²) in [6.45, 7) is 3.86. The maximum absolute atomic E-state index is 11.7. The van der Waals surface area contributed by atoms with Crippen molar-refractivity contribution >= 4 is 34.7 Å². The second kappa shape index (κ2) is 7.03. The van der Waals surface area contributed by atoms with E-state index in [2.05, 4.69) is 15.2 Å². The van der Waals surface area contributed by atoms with E-state index in [1.807, 2.05) is 42.6 Å². The molecule has 0 radical (unpaired) electrons. The number of esters is 1. The first kappa shape index (κ1) is 17.1. The molecular weight excluding hydrogens is 340 g/mol. The van der Waals surface area contributed by atoms with Crippen LogP contribution in [0.15, 0.2) is 46.8 Å². The first-order chi connectivity index (χ1) is 12.0. The standard InChI is InChI=1S/C18H17ClN4O2/c1-11-5-4-8-23-17(11)20-15(10-16(24)25-3)18(23)22-21-14-7-6-13(19)9-12(14)2/h4-9H,10H2,1-3H3. The highest BCUT2D eigenvalue weighted by molar-refractivity contribution is 6.30. The highest BCUT2D eigenvalue weighted by atomic mass is 35.5. The summed E-state index contributed by atoms with van der Waals surface area (Å²) in [4.78, 5) is 16.2. The molecule has 0 bridgehead atoms. The number of methoxy groups -OCH3 is 1. The van der Waals surface area contributed by atoms with Gasteiger partial charge in [0.15, 0.2) is 5.82 Å². The Morgan fingerprint density at radius 3 is 2.76 bits per heavy atom. The van der Waals surface area contributed by atoms with Crippen LogP contribution in [0.2, 0.25) is 5.02 Å². The molecule has 0 N–H and O–H groups in total. The highest BCUT2D eigenvalue weighted by Crippen LogP contribution is 2.28. The summed E-state index contributed by atoms with van der Waals surface area (Å²) in [6.07, 6.45) is 1.88. The largest absolute Gasteiger partial charge is 0.469 e. The number of imidazole rings is 1. The van der Waals surface area contributed by atoms with Gasteiger partial charge in [-0.25, -0.2) is 4.98 Å². The molecule has 3 aromatic rings. The quantitative estimate of drug-likeness (QED) is 0.501. The van der Waals surface area contributed by atoms with Gasteiger partial charge in [0, 0.05) is 11.2 Å². The highest BCUT2D eigenvalue weighted by Gasteiger charge is 2.16. The van der Waals surface area contributed by atoms with E-state index in [1.54, 1.807) is 12.1 Å². The molecule has 2 heterocycles. The van der Waals surface area contributed by atoms with Crippen LogP contribution in [0.1, 0.15) is 16.8 Å². The Labute approximate surface area is 150 Å². The van der Waals surface area contributed by atoms with Gasteiger partial charge < -0.3 is 4.74 Å². The number of hydrogen-bond acceptors (Lipinski definition) is 5. The number of nitrogens with zero attached hydrogens (tertiary/aromatic N) is 4. The number of aromatic nitrogens is 2. The third-order valence-corrected chi connectivity index (χ3v) is 4.08. The van der Waals surface area contributed by atoms with Crippen molar-refractivity contribution in [1.29, 1.82) is 0 Å². The molecule has 25 heavy (non-hydrogen) atoms. The van der Waals surface area contributed by atoms with Gasteiger partial charge in [-0.15, -0.1) is 10.2 Å². The normalized spacial score (nSPS) is 11.4. The van der Waals surface area contributed by atoms with Crippen molar-refractivity contribution < 1.29 is 9.53 Å². The number of ether oxygens (including phenoxy) is 1. The lowest BCUT2D eigenvalue weighted by molar-refractivity contribution is -0.139. The SMILES string of the molecule is COC(=O)Cc1nc2c(C)cccn2c1N=Nc1ccc(Cl)cc1C. The Morgan fingerprint density at radius 1 is 1.24 bits per heavy atom. The van der Waals surface area contributed by atoms with Crippen molar-refractivity contribution in [2.24, 2.45) is 10.2 Å². The third-order valence-electron chi connectivity index (χ3n) is 3.84. The molecule has 7 heteroatoms. The van der Waals surface area contributed by atoms with E-state index < -0.39 is 0 Å². The molecule has 0 fully saturated rings. The first-order valence-corrected chi connectivity index (χ1v) is 8.08. The molecule has 2 aromatic heterocycles. The molecule has 0 saturated carbocycles. The van der Waals surface area contributed by atoms with Gasteiger partial charge in [-0.3, -0.25) is 9.20 Å². The van der Waals surface area contributed by atoms with Crippen molar-refractivity contribution in [3.05, 3.63) is 58.4 Å². The van der Waals surface area contributed by atoms with Gasteiger partial charge in [-0.2, -0.15) is 0 Å². The lowest BCUT2D eigenvalue weighted by Gasteiger charge is -2.01. The average molecular weight is 357 g/mol. The number of aryl methyl sites for hydroxylation is 2. The molecule has 0 atom stereocenters. The third kappa shape index (κ3) is 3.53. The molecule has 0 aliphatic heterocycles. The van der Waals surface area contributed by atoms with Gasteiger partial charge in [-0.05, 0) is 49.2 Å². The van der Waals surface area contributed by atoms with Gasteiger partial charge in [0.1, 0.15) is 5.65 Å². The first-order valence-electron chi connectivity index (χ1n) is 7.71. The molecule has 3 rings (SSSR count). The number of azo groups is 1.